The van der Waals surface area contributed by atoms with Crippen molar-refractivity contribution in [3.05, 3.63) is 0 Å². The van der Waals surface area contributed by atoms with Crippen molar-refractivity contribution < 1.29 is 9.90 Å². The summed E-state index contributed by atoms with van der Waals surface area (Å²) in [7, 11) is 0. The van der Waals surface area contributed by atoms with Crippen LogP contribution >= 0.6 is 0 Å². The van der Waals surface area contributed by atoms with Crippen LogP contribution in [0.5, 0.6) is 0 Å². The van der Waals surface area contributed by atoms with E-state index >= 15 is 0 Å². The van der Waals surface area contributed by atoms with Gasteiger partial charge in [0.2, 0.25) is 0 Å². The lowest BCUT2D eigenvalue weighted by Crippen LogP contribution is -2.59. The fourth-order valence-electron chi connectivity index (χ4n) is 4.34. The maximum atomic E-state index is 11.9. The summed E-state index contributed by atoms with van der Waals surface area (Å²) >= 11 is 0. The van der Waals surface area contributed by atoms with E-state index in [4.69, 9.17) is 0 Å². The Labute approximate surface area is 129 Å². The fourth-order valence-corrected chi connectivity index (χ4v) is 4.34. The van der Waals surface area contributed by atoms with Crippen LogP contribution in [-0.2, 0) is 4.79 Å². The van der Waals surface area contributed by atoms with E-state index < -0.39 is 11.5 Å². The van der Waals surface area contributed by atoms with Crippen molar-refractivity contribution in [2.75, 3.05) is 13.1 Å². The third-order valence-electron chi connectivity index (χ3n) is 5.23. The molecule has 3 atom stereocenters. The average Bonchev–Trinajstić information content (AvgIpc) is 2.87. The molecule has 0 spiro atoms. The molecule has 2 N–H and O–H groups in total. The second kappa shape index (κ2) is 7.10. The second-order valence-electron chi connectivity index (χ2n) is 7.37. The molecule has 1 aliphatic carbocycles. The quantitative estimate of drug-likeness (QED) is 0.791. The molecule has 2 fully saturated rings. The smallest absolute Gasteiger partial charge is 0.323 e. The molecular weight excluding hydrogens is 264 g/mol. The summed E-state index contributed by atoms with van der Waals surface area (Å²) in [6, 6.07) is 0.661. The van der Waals surface area contributed by atoms with Crippen LogP contribution in [0.3, 0.4) is 0 Å². The largest absolute Gasteiger partial charge is 0.480 e. The number of hydrogen-bond donors (Lipinski definition) is 2. The minimum absolute atomic E-state index is 0.214. The van der Waals surface area contributed by atoms with E-state index in [0.717, 1.165) is 38.1 Å². The van der Waals surface area contributed by atoms with Gasteiger partial charge in [0.15, 0.2) is 0 Å². The number of nitrogens with one attached hydrogen (secondary N) is 1. The van der Waals surface area contributed by atoms with Crippen LogP contribution in [0, 0.1) is 5.92 Å². The number of nitrogens with zero attached hydrogens (tertiary/aromatic N) is 1. The third-order valence-corrected chi connectivity index (χ3v) is 5.23. The van der Waals surface area contributed by atoms with Gasteiger partial charge in [-0.2, -0.15) is 0 Å². The van der Waals surface area contributed by atoms with Gasteiger partial charge in [0, 0.05) is 18.6 Å². The van der Waals surface area contributed by atoms with Gasteiger partial charge in [-0.25, -0.2) is 0 Å². The summed E-state index contributed by atoms with van der Waals surface area (Å²) in [5.74, 6) is 0.166. The third kappa shape index (κ3) is 3.98. The number of aliphatic carboxylic acids is 1. The topological polar surface area (TPSA) is 52.6 Å². The molecule has 0 aromatic heterocycles. The molecule has 1 aliphatic heterocycles. The predicted molar refractivity (Wildman–Crippen MR) is 85.5 cm³/mol. The molecule has 122 valence electrons. The van der Waals surface area contributed by atoms with Gasteiger partial charge in [-0.1, -0.05) is 13.3 Å². The Kier molecular flexibility index (Phi) is 5.67. The van der Waals surface area contributed by atoms with E-state index in [9.17, 15) is 9.90 Å². The molecule has 3 unspecified atom stereocenters. The highest BCUT2D eigenvalue weighted by atomic mass is 16.4. The summed E-state index contributed by atoms with van der Waals surface area (Å²) < 4.78 is 0. The Balaban J connectivity index is 2.00. The second-order valence-corrected chi connectivity index (χ2v) is 7.37. The first kappa shape index (κ1) is 16.8. The van der Waals surface area contributed by atoms with E-state index in [-0.39, 0.29) is 6.04 Å². The summed E-state index contributed by atoms with van der Waals surface area (Å²) in [6.07, 6.45) is 7.58. The Morgan fingerprint density at radius 1 is 1.43 bits per heavy atom. The van der Waals surface area contributed by atoms with Gasteiger partial charge in [0.25, 0.3) is 0 Å². The standard InChI is InChI=1S/C17H32N2O2/c1-4-6-14-8-10-19(12-14)15-7-5-9-17(11-15,16(20)21)18-13(2)3/h13-15,18H,4-12H2,1-3H3,(H,20,21). The monoisotopic (exact) mass is 296 g/mol. The van der Waals surface area contributed by atoms with Crippen molar-refractivity contribution in [1.82, 2.24) is 10.2 Å². The van der Waals surface area contributed by atoms with Gasteiger partial charge in [0.05, 0.1) is 0 Å². The maximum Gasteiger partial charge on any atom is 0.323 e. The highest BCUT2D eigenvalue weighted by Crippen LogP contribution is 2.35. The molecule has 1 saturated carbocycles. The highest BCUT2D eigenvalue weighted by molar-refractivity contribution is 5.79. The Morgan fingerprint density at radius 2 is 2.19 bits per heavy atom. The minimum Gasteiger partial charge on any atom is -0.480 e. The van der Waals surface area contributed by atoms with Crippen molar-refractivity contribution >= 4 is 5.97 Å². The van der Waals surface area contributed by atoms with Crippen LogP contribution in [0.2, 0.25) is 0 Å². The van der Waals surface area contributed by atoms with Crippen LogP contribution in [0.4, 0.5) is 0 Å². The van der Waals surface area contributed by atoms with Gasteiger partial charge in [-0.15, -0.1) is 0 Å². The first-order chi connectivity index (χ1) is 9.97. The minimum atomic E-state index is -0.708. The van der Waals surface area contributed by atoms with Crippen molar-refractivity contribution in [2.45, 2.75) is 83.3 Å². The maximum absolute atomic E-state index is 11.9. The SMILES string of the molecule is CCCC1CCN(C2CCCC(NC(C)C)(C(=O)O)C2)C1. The van der Waals surface area contributed by atoms with Crippen LogP contribution in [0.1, 0.15) is 65.7 Å². The van der Waals surface area contributed by atoms with Gasteiger partial charge >= 0.3 is 5.97 Å². The number of carbonyl (C=O) groups is 1. The van der Waals surface area contributed by atoms with E-state index in [1.165, 1.54) is 25.8 Å². The molecule has 21 heavy (non-hydrogen) atoms. The summed E-state index contributed by atoms with van der Waals surface area (Å²) in [5.41, 5.74) is -0.708. The van der Waals surface area contributed by atoms with Crippen LogP contribution < -0.4 is 5.32 Å². The van der Waals surface area contributed by atoms with Crippen molar-refractivity contribution in [3.8, 4) is 0 Å². The van der Waals surface area contributed by atoms with E-state index in [1.807, 2.05) is 13.8 Å². The summed E-state index contributed by atoms with van der Waals surface area (Å²) in [5, 5.41) is 13.1. The predicted octanol–water partition coefficient (Wildman–Crippen LogP) is 2.87. The molecule has 0 amide bonds. The van der Waals surface area contributed by atoms with Crippen molar-refractivity contribution in [1.29, 1.82) is 0 Å². The van der Waals surface area contributed by atoms with Crippen LogP contribution in [-0.4, -0.2) is 46.7 Å². The number of hydrogen-bond acceptors (Lipinski definition) is 3. The fraction of sp³-hybridized carbons (Fsp3) is 0.941. The molecule has 2 rings (SSSR count). The molecule has 4 nitrogen and oxygen atoms in total. The summed E-state index contributed by atoms with van der Waals surface area (Å²) in [6.45, 7) is 8.68. The zero-order valence-electron chi connectivity index (χ0n) is 13.9. The molecular formula is C17H32N2O2. The average molecular weight is 296 g/mol. The highest BCUT2D eigenvalue weighted by Gasteiger charge is 2.45. The van der Waals surface area contributed by atoms with E-state index in [1.54, 1.807) is 0 Å². The Bertz CT molecular complexity index is 359. The number of likely N-dealkylation sites (tertiary alicyclic amines) is 1. The lowest BCUT2D eigenvalue weighted by molar-refractivity contribution is -0.147. The lowest BCUT2D eigenvalue weighted by atomic mass is 9.78. The van der Waals surface area contributed by atoms with Gasteiger partial charge in [-0.05, 0) is 64.8 Å². The van der Waals surface area contributed by atoms with Gasteiger partial charge in [0.1, 0.15) is 5.54 Å². The first-order valence-corrected chi connectivity index (χ1v) is 8.72. The summed E-state index contributed by atoms with van der Waals surface area (Å²) in [4.78, 5) is 14.4. The zero-order chi connectivity index (χ0) is 15.5. The van der Waals surface area contributed by atoms with Crippen LogP contribution in [0.25, 0.3) is 0 Å². The first-order valence-electron chi connectivity index (χ1n) is 8.72. The lowest BCUT2D eigenvalue weighted by Gasteiger charge is -2.42. The van der Waals surface area contributed by atoms with Crippen molar-refractivity contribution in [2.24, 2.45) is 5.92 Å². The molecule has 1 heterocycles. The normalized spacial score (nSPS) is 34.5. The zero-order valence-corrected chi connectivity index (χ0v) is 13.9. The van der Waals surface area contributed by atoms with E-state index in [2.05, 4.69) is 17.1 Å². The molecule has 0 bridgehead atoms. The molecule has 4 heteroatoms. The van der Waals surface area contributed by atoms with E-state index in [0.29, 0.717) is 6.04 Å². The number of rotatable bonds is 6. The molecule has 0 aromatic rings. The molecule has 1 saturated heterocycles. The van der Waals surface area contributed by atoms with Crippen molar-refractivity contribution in [3.63, 3.8) is 0 Å². The van der Waals surface area contributed by atoms with Gasteiger partial charge in [-0.3, -0.25) is 10.1 Å². The number of carboxylic acid groups (broad SMARTS) is 1. The molecule has 0 radical (unpaired) electrons. The molecule has 0 aromatic carbocycles. The Hall–Kier alpha value is -0.610. The Morgan fingerprint density at radius 3 is 2.81 bits per heavy atom. The number of carboxylic acids is 1. The molecule has 2 aliphatic rings. The van der Waals surface area contributed by atoms with Gasteiger partial charge < -0.3 is 10.0 Å². The van der Waals surface area contributed by atoms with Crippen LogP contribution in [0.15, 0.2) is 0 Å².